The van der Waals surface area contributed by atoms with Crippen LogP contribution in [0, 0.1) is 0 Å². The fourth-order valence-corrected chi connectivity index (χ4v) is 8.89. The van der Waals surface area contributed by atoms with Crippen molar-refractivity contribution >= 4 is 49.3 Å². The Kier molecular flexibility index (Phi) is 8.37. The lowest BCUT2D eigenvalue weighted by molar-refractivity contribution is 0.968. The lowest BCUT2D eigenvalue weighted by atomic mass is 9.98. The van der Waals surface area contributed by atoms with Gasteiger partial charge in [-0.2, -0.15) is 0 Å². The number of nitrogens with two attached hydrogens (primary N) is 1. The first-order chi connectivity index (χ1) is 29.2. The summed E-state index contributed by atoms with van der Waals surface area (Å²) in [7, 11) is 0. The summed E-state index contributed by atoms with van der Waals surface area (Å²) in [4.78, 5) is 10.9. The fraction of sp³-hybridized carbons (Fsp3) is 0.0370. The van der Waals surface area contributed by atoms with Gasteiger partial charge in [-0.15, -0.1) is 0 Å². The maximum Gasteiger partial charge on any atom is 0.235 e. The summed E-state index contributed by atoms with van der Waals surface area (Å²) in [6.07, 6.45) is 1.65. The van der Waals surface area contributed by atoms with Gasteiger partial charge in [0.1, 0.15) is 0 Å². The van der Waals surface area contributed by atoms with Crippen LogP contribution in [0.2, 0.25) is 0 Å². The van der Waals surface area contributed by atoms with Crippen LogP contribution in [-0.4, -0.2) is 19.1 Å². The van der Waals surface area contributed by atoms with Crippen molar-refractivity contribution < 1.29 is 0 Å². The van der Waals surface area contributed by atoms with E-state index in [0.29, 0.717) is 5.95 Å². The molecule has 2 N–H and O–H groups in total. The molecule has 5 heteroatoms. The summed E-state index contributed by atoms with van der Waals surface area (Å²) >= 11 is 0. The van der Waals surface area contributed by atoms with Gasteiger partial charge in [0, 0.05) is 38.4 Å². The third-order valence-corrected chi connectivity index (χ3v) is 11.7. The number of nitrogens with zero attached hydrogens (tertiary/aromatic N) is 4. The van der Waals surface area contributed by atoms with E-state index in [1.807, 2.05) is 12.1 Å². The third-order valence-electron chi connectivity index (χ3n) is 11.7. The van der Waals surface area contributed by atoms with Gasteiger partial charge in [-0.05, 0) is 71.5 Å². The maximum atomic E-state index is 7.00. The lowest BCUT2D eigenvalue weighted by Gasteiger charge is -2.15. The summed E-state index contributed by atoms with van der Waals surface area (Å²) in [5.41, 5.74) is 21.6. The van der Waals surface area contributed by atoms with Gasteiger partial charge in [-0.1, -0.05) is 164 Å². The molecule has 0 unspecified atom stereocenters. The number of hydrogen-bond acceptors (Lipinski definition) is 3. The second kappa shape index (κ2) is 14.3. The van der Waals surface area contributed by atoms with Gasteiger partial charge in [0.15, 0.2) is 0 Å². The van der Waals surface area contributed by atoms with Gasteiger partial charge in [0.05, 0.1) is 39.1 Å². The minimum absolute atomic E-state index is 0.599. The number of benzene rings is 8. The van der Waals surface area contributed by atoms with Gasteiger partial charge < -0.3 is 10.3 Å². The molecule has 11 aromatic rings. The normalized spacial score (nSPS) is 11.6. The van der Waals surface area contributed by atoms with Gasteiger partial charge in [-0.3, -0.25) is 4.57 Å². The van der Waals surface area contributed by atoms with Crippen LogP contribution in [0.5, 0.6) is 0 Å². The third kappa shape index (κ3) is 5.94. The van der Waals surface area contributed by atoms with Gasteiger partial charge in [0.25, 0.3) is 0 Å². The number of aryl methyl sites for hydroxylation is 2. The first-order valence-electron chi connectivity index (χ1n) is 20.2. The highest BCUT2D eigenvalue weighted by Gasteiger charge is 2.24. The highest BCUT2D eigenvalue weighted by Crippen LogP contribution is 2.43. The highest BCUT2D eigenvalue weighted by atomic mass is 15.2. The Morgan fingerprint density at radius 3 is 1.69 bits per heavy atom. The number of para-hydroxylation sites is 2. The van der Waals surface area contributed by atoms with Gasteiger partial charge in [-0.25, -0.2) is 9.97 Å². The Morgan fingerprint density at radius 2 is 1.00 bits per heavy atom. The molecular formula is C54H39N5. The molecule has 0 aliphatic carbocycles. The Hall–Kier alpha value is -7.76. The average Bonchev–Trinajstić information content (AvgIpc) is 3.82. The molecule has 0 radical (unpaired) electrons. The van der Waals surface area contributed by atoms with Crippen molar-refractivity contribution in [1.82, 2.24) is 19.1 Å². The van der Waals surface area contributed by atoms with E-state index in [0.717, 1.165) is 90.7 Å². The van der Waals surface area contributed by atoms with E-state index in [1.165, 1.54) is 21.9 Å². The zero-order chi connectivity index (χ0) is 39.3. The number of rotatable bonds is 8. The van der Waals surface area contributed by atoms with Gasteiger partial charge in [0.2, 0.25) is 5.95 Å². The number of aromatic nitrogens is 4. The molecule has 0 aliphatic rings. The molecule has 0 saturated heterocycles. The number of nitrogen functional groups attached to an aromatic ring is 1. The van der Waals surface area contributed by atoms with Crippen LogP contribution in [0.15, 0.2) is 200 Å². The molecule has 280 valence electrons. The van der Waals surface area contributed by atoms with Crippen molar-refractivity contribution in [3.8, 4) is 45.3 Å². The quantitative estimate of drug-likeness (QED) is 0.157. The van der Waals surface area contributed by atoms with Crippen molar-refractivity contribution in [1.29, 1.82) is 0 Å². The Labute approximate surface area is 342 Å². The topological polar surface area (TPSA) is 61.7 Å². The van der Waals surface area contributed by atoms with Crippen LogP contribution in [0.25, 0.3) is 88.9 Å². The first-order valence-corrected chi connectivity index (χ1v) is 20.2. The summed E-state index contributed by atoms with van der Waals surface area (Å²) in [6.45, 7) is 0. The Balaban J connectivity index is 1.26. The Bertz CT molecular complexity index is 3250. The SMILES string of the molecule is Nc1ccc2c(c1CCc1ccccc1)c1cccc(-n3c4ccccc4c4ccc(-c5ccccc5)cc43)c1n2-c1nc(-c2ccccc2)cc(-c2ccccc2)n1. The second-order valence-corrected chi connectivity index (χ2v) is 15.1. The zero-order valence-corrected chi connectivity index (χ0v) is 32.3. The highest BCUT2D eigenvalue weighted by molar-refractivity contribution is 6.17. The molecule has 0 saturated carbocycles. The number of fused-ring (bicyclic) bond motifs is 6. The summed E-state index contributed by atoms with van der Waals surface area (Å²) in [5, 5.41) is 4.62. The largest absolute Gasteiger partial charge is 0.398 e. The predicted molar refractivity (Wildman–Crippen MR) is 245 cm³/mol. The molecule has 5 nitrogen and oxygen atoms in total. The molecule has 59 heavy (non-hydrogen) atoms. The number of anilines is 1. The molecule has 8 aromatic carbocycles. The van der Waals surface area contributed by atoms with Crippen molar-refractivity contribution in [2.75, 3.05) is 5.73 Å². The van der Waals surface area contributed by atoms with Gasteiger partial charge >= 0.3 is 0 Å². The van der Waals surface area contributed by atoms with E-state index in [9.17, 15) is 0 Å². The van der Waals surface area contributed by atoms with Crippen molar-refractivity contribution in [3.05, 3.63) is 211 Å². The van der Waals surface area contributed by atoms with Crippen LogP contribution < -0.4 is 5.73 Å². The standard InChI is InChI=1S/C54H39N5/c55-45-32-33-49-52(43(45)30-28-36-16-5-1-6-17-36)44-25-15-27-50(58-48-26-14-13-24-41(48)42-31-29-40(34-51(42)58)37-18-7-2-8-19-37)53(44)59(49)54-56-46(38-20-9-3-10-21-38)35-47(57-54)39-22-11-4-12-23-39/h1-27,29,31-35H,28,30,55H2. The minimum atomic E-state index is 0.599. The van der Waals surface area contributed by atoms with Crippen LogP contribution >= 0.6 is 0 Å². The Morgan fingerprint density at radius 1 is 0.407 bits per heavy atom. The van der Waals surface area contributed by atoms with E-state index >= 15 is 0 Å². The summed E-state index contributed by atoms with van der Waals surface area (Å²) < 4.78 is 4.72. The zero-order valence-electron chi connectivity index (χ0n) is 32.3. The smallest absolute Gasteiger partial charge is 0.235 e. The second-order valence-electron chi connectivity index (χ2n) is 15.1. The first kappa shape index (κ1) is 34.5. The van der Waals surface area contributed by atoms with Crippen LogP contribution in [0.3, 0.4) is 0 Å². The van der Waals surface area contributed by atoms with Crippen LogP contribution in [-0.2, 0) is 12.8 Å². The molecule has 3 heterocycles. The van der Waals surface area contributed by atoms with E-state index in [4.69, 9.17) is 15.7 Å². The molecule has 0 atom stereocenters. The average molecular weight is 758 g/mol. The van der Waals surface area contributed by atoms with Crippen molar-refractivity contribution in [3.63, 3.8) is 0 Å². The summed E-state index contributed by atoms with van der Waals surface area (Å²) in [5.74, 6) is 0.599. The van der Waals surface area contributed by atoms with E-state index in [-0.39, 0.29) is 0 Å². The molecule has 0 spiro atoms. The molecular weight excluding hydrogens is 719 g/mol. The monoisotopic (exact) mass is 757 g/mol. The van der Waals surface area contributed by atoms with Crippen LogP contribution in [0.4, 0.5) is 5.69 Å². The molecule has 0 fully saturated rings. The maximum absolute atomic E-state index is 7.00. The number of hydrogen-bond donors (Lipinski definition) is 1. The van der Waals surface area contributed by atoms with Crippen LogP contribution in [0.1, 0.15) is 11.1 Å². The molecule has 11 rings (SSSR count). The van der Waals surface area contributed by atoms with E-state index in [2.05, 4.69) is 197 Å². The predicted octanol–water partition coefficient (Wildman–Crippen LogP) is 13.0. The summed E-state index contributed by atoms with van der Waals surface area (Å²) in [6, 6.07) is 70.6. The van der Waals surface area contributed by atoms with E-state index < -0.39 is 0 Å². The molecule has 0 aliphatic heterocycles. The molecule has 3 aromatic heterocycles. The molecule has 0 amide bonds. The molecule has 0 bridgehead atoms. The minimum Gasteiger partial charge on any atom is -0.398 e. The van der Waals surface area contributed by atoms with Crippen molar-refractivity contribution in [2.24, 2.45) is 0 Å². The van der Waals surface area contributed by atoms with Crippen molar-refractivity contribution in [2.45, 2.75) is 12.8 Å². The van der Waals surface area contributed by atoms with E-state index in [1.54, 1.807) is 0 Å². The fourth-order valence-electron chi connectivity index (χ4n) is 8.89. The lowest BCUT2D eigenvalue weighted by Crippen LogP contribution is -2.06.